The minimum atomic E-state index is -0.491. The maximum absolute atomic E-state index is 13.1. The molecule has 1 heterocycles. The molecular weight excluding hydrogens is 442 g/mol. The molecule has 1 amide bonds. The number of anilines is 1. The van der Waals surface area contributed by atoms with E-state index < -0.39 is 6.04 Å². The third-order valence-corrected chi connectivity index (χ3v) is 5.11. The van der Waals surface area contributed by atoms with E-state index in [1.54, 1.807) is 26.4 Å². The molecule has 0 saturated carbocycles. The van der Waals surface area contributed by atoms with Crippen LogP contribution in [0.15, 0.2) is 58.2 Å². The summed E-state index contributed by atoms with van der Waals surface area (Å²) in [6, 6.07) is 12.3. The van der Waals surface area contributed by atoms with E-state index in [0.29, 0.717) is 33.6 Å². The van der Waals surface area contributed by atoms with Crippen molar-refractivity contribution < 1.29 is 14.3 Å². The van der Waals surface area contributed by atoms with Gasteiger partial charge in [-0.1, -0.05) is 15.9 Å². The number of ether oxygens (including phenoxy) is 2. The van der Waals surface area contributed by atoms with Gasteiger partial charge in [0.2, 0.25) is 0 Å². The number of carbonyl (C=O) groups excluding carboxylic acids is 1. The van der Waals surface area contributed by atoms with Crippen molar-refractivity contribution in [3.05, 3.63) is 63.8 Å². The predicted octanol–water partition coefficient (Wildman–Crippen LogP) is 3.90. The van der Waals surface area contributed by atoms with Gasteiger partial charge >= 0.3 is 0 Å². The summed E-state index contributed by atoms with van der Waals surface area (Å²) in [6.45, 7) is 1.82. The average molecular weight is 462 g/mol. The normalized spacial score (nSPS) is 16.1. The number of benzene rings is 2. The highest BCUT2D eigenvalue weighted by Crippen LogP contribution is 2.36. The van der Waals surface area contributed by atoms with Gasteiger partial charge in [0.25, 0.3) is 5.91 Å². The summed E-state index contributed by atoms with van der Waals surface area (Å²) >= 11 is 8.71. The molecule has 0 spiro atoms. The van der Waals surface area contributed by atoms with E-state index in [4.69, 9.17) is 21.7 Å². The quantitative estimate of drug-likeness (QED) is 0.586. The molecule has 6 nitrogen and oxygen atoms in total. The van der Waals surface area contributed by atoms with Crippen LogP contribution in [0.2, 0.25) is 0 Å². The minimum absolute atomic E-state index is 0.239. The Morgan fingerprint density at radius 1 is 1.14 bits per heavy atom. The topological polar surface area (TPSA) is 71.6 Å². The Hall–Kier alpha value is -2.58. The van der Waals surface area contributed by atoms with Crippen LogP contribution in [0.25, 0.3) is 0 Å². The van der Waals surface area contributed by atoms with Crippen molar-refractivity contribution in [1.82, 2.24) is 10.6 Å². The van der Waals surface area contributed by atoms with Crippen molar-refractivity contribution >= 4 is 44.9 Å². The van der Waals surface area contributed by atoms with E-state index >= 15 is 0 Å². The van der Waals surface area contributed by atoms with Gasteiger partial charge in [-0.05, 0) is 61.6 Å². The number of nitrogens with one attached hydrogen (secondary N) is 3. The van der Waals surface area contributed by atoms with E-state index in [1.807, 2.05) is 37.3 Å². The number of amides is 1. The van der Waals surface area contributed by atoms with E-state index in [-0.39, 0.29) is 5.91 Å². The fourth-order valence-electron chi connectivity index (χ4n) is 3.02. The van der Waals surface area contributed by atoms with Crippen LogP contribution in [0, 0.1) is 0 Å². The second-order valence-electron chi connectivity index (χ2n) is 6.14. The van der Waals surface area contributed by atoms with Crippen molar-refractivity contribution in [2.75, 3.05) is 19.5 Å². The van der Waals surface area contributed by atoms with Gasteiger partial charge in [-0.15, -0.1) is 0 Å². The molecule has 146 valence electrons. The van der Waals surface area contributed by atoms with Gasteiger partial charge in [-0.2, -0.15) is 0 Å². The molecule has 0 aromatic heterocycles. The van der Waals surface area contributed by atoms with Crippen molar-refractivity contribution in [2.45, 2.75) is 13.0 Å². The number of hydrogen-bond donors (Lipinski definition) is 3. The monoisotopic (exact) mass is 461 g/mol. The summed E-state index contributed by atoms with van der Waals surface area (Å²) in [6.07, 6.45) is 0. The lowest BCUT2D eigenvalue weighted by Gasteiger charge is -2.31. The molecule has 1 aliphatic heterocycles. The van der Waals surface area contributed by atoms with Crippen LogP contribution in [-0.4, -0.2) is 25.2 Å². The van der Waals surface area contributed by atoms with Crippen LogP contribution in [0.1, 0.15) is 18.5 Å². The molecule has 2 aromatic rings. The number of halogens is 1. The lowest BCUT2D eigenvalue weighted by atomic mass is 9.94. The zero-order valence-electron chi connectivity index (χ0n) is 15.6. The van der Waals surface area contributed by atoms with E-state index in [2.05, 4.69) is 31.9 Å². The molecule has 0 fully saturated rings. The summed E-state index contributed by atoms with van der Waals surface area (Å²) in [5.74, 6) is 1.05. The van der Waals surface area contributed by atoms with Gasteiger partial charge in [-0.3, -0.25) is 4.79 Å². The highest BCUT2D eigenvalue weighted by molar-refractivity contribution is 9.10. The van der Waals surface area contributed by atoms with Crippen molar-refractivity contribution in [3.8, 4) is 11.5 Å². The van der Waals surface area contributed by atoms with Gasteiger partial charge in [0.05, 0.1) is 25.8 Å². The molecule has 0 saturated heterocycles. The molecule has 2 aromatic carbocycles. The number of methoxy groups -OCH3 is 2. The van der Waals surface area contributed by atoms with Crippen molar-refractivity contribution in [3.63, 3.8) is 0 Å². The summed E-state index contributed by atoms with van der Waals surface area (Å²) in [7, 11) is 3.18. The number of rotatable bonds is 5. The number of allylic oxidation sites excluding steroid dienone is 1. The Bertz CT molecular complexity index is 944. The van der Waals surface area contributed by atoms with Gasteiger partial charge in [-0.25, -0.2) is 0 Å². The zero-order chi connectivity index (χ0) is 20.3. The van der Waals surface area contributed by atoms with Crippen LogP contribution in [-0.2, 0) is 4.79 Å². The van der Waals surface area contributed by atoms with Crippen LogP contribution in [0.5, 0.6) is 11.5 Å². The highest BCUT2D eigenvalue weighted by atomic mass is 79.9. The maximum Gasteiger partial charge on any atom is 0.255 e. The van der Waals surface area contributed by atoms with Crippen LogP contribution < -0.4 is 25.4 Å². The van der Waals surface area contributed by atoms with E-state index in [9.17, 15) is 4.79 Å². The van der Waals surface area contributed by atoms with Gasteiger partial charge < -0.3 is 25.4 Å². The molecule has 3 N–H and O–H groups in total. The molecule has 0 aliphatic carbocycles. The van der Waals surface area contributed by atoms with Crippen LogP contribution in [0.3, 0.4) is 0 Å². The zero-order valence-corrected chi connectivity index (χ0v) is 18.0. The van der Waals surface area contributed by atoms with Crippen LogP contribution >= 0.6 is 28.1 Å². The van der Waals surface area contributed by atoms with E-state index in [0.717, 1.165) is 10.0 Å². The first-order chi connectivity index (χ1) is 13.4. The molecule has 1 aliphatic rings. The standard InChI is InChI=1S/C20H20BrN3O3S/c1-11-17(19(25)23-13-6-4-12(21)5-7-13)18(24-20(28)22-11)15-10-14(26-2)8-9-16(15)27-3/h4-10,18H,1-3H3,(H,23,25)(H2,22,24,28)/t18-/m1/s1. The molecule has 0 bridgehead atoms. The van der Waals surface area contributed by atoms with Crippen LogP contribution in [0.4, 0.5) is 5.69 Å². The third-order valence-electron chi connectivity index (χ3n) is 4.36. The largest absolute Gasteiger partial charge is 0.497 e. The lowest BCUT2D eigenvalue weighted by molar-refractivity contribution is -0.113. The molecule has 0 radical (unpaired) electrons. The lowest BCUT2D eigenvalue weighted by Crippen LogP contribution is -2.45. The van der Waals surface area contributed by atoms with Gasteiger partial charge in [0, 0.05) is 21.4 Å². The first kappa shape index (κ1) is 20.2. The number of hydrogen-bond acceptors (Lipinski definition) is 4. The fourth-order valence-corrected chi connectivity index (χ4v) is 3.56. The third kappa shape index (κ3) is 4.28. The molecule has 3 rings (SSSR count). The average Bonchev–Trinajstić information content (AvgIpc) is 2.68. The SMILES string of the molecule is COc1ccc(OC)c([C@H]2NC(=S)NC(C)=C2C(=O)Nc2ccc(Br)cc2)c1. The number of carbonyl (C=O) groups is 1. The highest BCUT2D eigenvalue weighted by Gasteiger charge is 2.32. The van der Waals surface area contributed by atoms with Gasteiger partial charge in [0.1, 0.15) is 11.5 Å². The second-order valence-corrected chi connectivity index (χ2v) is 7.46. The Kier molecular flexibility index (Phi) is 6.21. The van der Waals surface area contributed by atoms with Gasteiger partial charge in [0.15, 0.2) is 5.11 Å². The summed E-state index contributed by atoms with van der Waals surface area (Å²) in [4.78, 5) is 13.1. The molecular formula is C20H20BrN3O3S. The minimum Gasteiger partial charge on any atom is -0.497 e. The Morgan fingerprint density at radius 3 is 2.50 bits per heavy atom. The molecule has 28 heavy (non-hydrogen) atoms. The molecule has 1 atom stereocenters. The Morgan fingerprint density at radius 2 is 1.86 bits per heavy atom. The molecule has 8 heteroatoms. The van der Waals surface area contributed by atoms with E-state index in [1.165, 1.54) is 0 Å². The Labute approximate surface area is 177 Å². The first-order valence-corrected chi connectivity index (χ1v) is 9.70. The Balaban J connectivity index is 2.01. The predicted molar refractivity (Wildman–Crippen MR) is 117 cm³/mol. The second kappa shape index (κ2) is 8.62. The number of thiocarbonyl (C=S) groups is 1. The molecule has 0 unspecified atom stereocenters. The fraction of sp³-hybridized carbons (Fsp3) is 0.200. The van der Waals surface area contributed by atoms with Crippen molar-refractivity contribution in [1.29, 1.82) is 0 Å². The first-order valence-electron chi connectivity index (χ1n) is 8.50. The summed E-state index contributed by atoms with van der Waals surface area (Å²) < 4.78 is 11.8. The summed E-state index contributed by atoms with van der Waals surface area (Å²) in [5.41, 5.74) is 2.64. The summed E-state index contributed by atoms with van der Waals surface area (Å²) in [5, 5.41) is 9.58. The maximum atomic E-state index is 13.1. The smallest absolute Gasteiger partial charge is 0.255 e. The van der Waals surface area contributed by atoms with Crippen molar-refractivity contribution in [2.24, 2.45) is 0 Å².